The molecule has 1 N–H and O–H groups in total. The summed E-state index contributed by atoms with van der Waals surface area (Å²) in [4.78, 5) is 11.6. The summed E-state index contributed by atoms with van der Waals surface area (Å²) in [6, 6.07) is 4.42. The van der Waals surface area contributed by atoms with Gasteiger partial charge in [-0.1, -0.05) is 13.0 Å². The van der Waals surface area contributed by atoms with E-state index in [0.29, 0.717) is 11.6 Å². The average Bonchev–Trinajstić information content (AvgIpc) is 2.89. The summed E-state index contributed by atoms with van der Waals surface area (Å²) < 4.78 is 12.9. The molecule has 0 aliphatic heterocycles. The van der Waals surface area contributed by atoms with Crippen molar-refractivity contribution < 1.29 is 9.18 Å². The summed E-state index contributed by atoms with van der Waals surface area (Å²) in [5.41, 5.74) is 1.47. The highest BCUT2D eigenvalue weighted by atomic mass is 19.1. The first-order valence-corrected chi connectivity index (χ1v) is 5.15. The quantitative estimate of drug-likeness (QED) is 0.793. The molecule has 0 spiro atoms. The van der Waals surface area contributed by atoms with Gasteiger partial charge >= 0.3 is 0 Å². The fourth-order valence-corrected chi connectivity index (χ4v) is 1.64. The molecule has 80 valence electrons. The van der Waals surface area contributed by atoms with E-state index in [1.54, 1.807) is 6.07 Å². The van der Waals surface area contributed by atoms with Crippen LogP contribution in [0.4, 0.5) is 10.1 Å². The molecule has 0 aromatic heterocycles. The molecular formula is C12H14FNO. The number of halogens is 1. The van der Waals surface area contributed by atoms with E-state index < -0.39 is 0 Å². The Kier molecular flexibility index (Phi) is 2.47. The van der Waals surface area contributed by atoms with Crippen LogP contribution in [0.15, 0.2) is 18.2 Å². The van der Waals surface area contributed by atoms with Crippen molar-refractivity contribution in [1.29, 1.82) is 0 Å². The molecule has 1 aliphatic carbocycles. The van der Waals surface area contributed by atoms with Crippen LogP contribution in [-0.4, -0.2) is 5.91 Å². The Morgan fingerprint density at radius 3 is 2.80 bits per heavy atom. The van der Waals surface area contributed by atoms with Gasteiger partial charge in [0.2, 0.25) is 5.91 Å². The number of amides is 1. The number of anilines is 1. The number of hydrogen-bond acceptors (Lipinski definition) is 1. The number of carbonyl (C=O) groups excluding carboxylic acids is 1. The number of rotatable bonds is 2. The Bertz CT molecular complexity index is 403. The second-order valence-electron chi connectivity index (χ2n) is 4.27. The Balaban J connectivity index is 2.10. The summed E-state index contributed by atoms with van der Waals surface area (Å²) in [6.07, 6.45) is 0.945. The van der Waals surface area contributed by atoms with Crippen molar-refractivity contribution in [1.82, 2.24) is 0 Å². The van der Waals surface area contributed by atoms with Gasteiger partial charge < -0.3 is 5.32 Å². The molecule has 1 aromatic rings. The van der Waals surface area contributed by atoms with Gasteiger partial charge in [-0.2, -0.15) is 0 Å². The summed E-state index contributed by atoms with van der Waals surface area (Å²) in [7, 11) is 0. The van der Waals surface area contributed by atoms with E-state index >= 15 is 0 Å². The van der Waals surface area contributed by atoms with Crippen LogP contribution in [0.1, 0.15) is 18.9 Å². The third-order valence-corrected chi connectivity index (χ3v) is 2.90. The van der Waals surface area contributed by atoms with Gasteiger partial charge in [0.25, 0.3) is 0 Å². The summed E-state index contributed by atoms with van der Waals surface area (Å²) >= 11 is 0. The van der Waals surface area contributed by atoms with E-state index in [-0.39, 0.29) is 17.6 Å². The molecule has 3 heteroatoms. The Morgan fingerprint density at radius 1 is 1.53 bits per heavy atom. The van der Waals surface area contributed by atoms with Crippen LogP contribution in [0.3, 0.4) is 0 Å². The Morgan fingerprint density at radius 2 is 2.20 bits per heavy atom. The molecule has 1 amide bonds. The van der Waals surface area contributed by atoms with Gasteiger partial charge in [-0.15, -0.1) is 0 Å². The largest absolute Gasteiger partial charge is 0.325 e. The number of benzene rings is 1. The molecule has 0 heterocycles. The molecule has 15 heavy (non-hydrogen) atoms. The maximum absolute atomic E-state index is 12.9. The highest BCUT2D eigenvalue weighted by molar-refractivity contribution is 5.95. The Hall–Kier alpha value is -1.38. The zero-order valence-electron chi connectivity index (χ0n) is 8.88. The summed E-state index contributed by atoms with van der Waals surface area (Å²) in [5.74, 6) is 0.280. The van der Waals surface area contributed by atoms with Gasteiger partial charge in [0.1, 0.15) is 5.82 Å². The maximum atomic E-state index is 12.9. The first-order chi connectivity index (χ1) is 7.08. The molecule has 1 aliphatic rings. The minimum atomic E-state index is -0.320. The smallest absolute Gasteiger partial charge is 0.227 e. The minimum Gasteiger partial charge on any atom is -0.325 e. The van der Waals surface area contributed by atoms with E-state index in [1.165, 1.54) is 12.1 Å². The molecule has 0 radical (unpaired) electrons. The molecule has 2 atom stereocenters. The van der Waals surface area contributed by atoms with Gasteiger partial charge in [0.15, 0.2) is 0 Å². The Labute approximate surface area is 88.5 Å². The van der Waals surface area contributed by atoms with Gasteiger partial charge in [0.05, 0.1) is 0 Å². The normalized spacial score (nSPS) is 23.7. The van der Waals surface area contributed by atoms with Gasteiger partial charge in [0, 0.05) is 11.6 Å². The molecule has 1 saturated carbocycles. The van der Waals surface area contributed by atoms with Crippen LogP contribution in [0.2, 0.25) is 0 Å². The highest BCUT2D eigenvalue weighted by Crippen LogP contribution is 2.38. The lowest BCUT2D eigenvalue weighted by Gasteiger charge is -2.07. The van der Waals surface area contributed by atoms with Crippen LogP contribution in [0.25, 0.3) is 0 Å². The summed E-state index contributed by atoms with van der Waals surface area (Å²) in [6.45, 7) is 3.90. The third-order valence-electron chi connectivity index (χ3n) is 2.90. The molecule has 2 nitrogen and oxygen atoms in total. The van der Waals surface area contributed by atoms with Crippen molar-refractivity contribution >= 4 is 11.6 Å². The van der Waals surface area contributed by atoms with Gasteiger partial charge in [-0.25, -0.2) is 4.39 Å². The average molecular weight is 207 g/mol. The van der Waals surface area contributed by atoms with Crippen LogP contribution in [-0.2, 0) is 4.79 Å². The van der Waals surface area contributed by atoms with E-state index in [2.05, 4.69) is 5.32 Å². The summed E-state index contributed by atoms with van der Waals surface area (Å²) in [5, 5.41) is 2.76. The highest BCUT2D eigenvalue weighted by Gasteiger charge is 2.39. The number of aryl methyl sites for hydroxylation is 1. The molecule has 2 rings (SSSR count). The van der Waals surface area contributed by atoms with Crippen molar-refractivity contribution in [2.45, 2.75) is 20.3 Å². The second kappa shape index (κ2) is 3.65. The van der Waals surface area contributed by atoms with Gasteiger partial charge in [-0.05, 0) is 37.0 Å². The topological polar surface area (TPSA) is 29.1 Å². The van der Waals surface area contributed by atoms with E-state index in [9.17, 15) is 9.18 Å². The second-order valence-corrected chi connectivity index (χ2v) is 4.27. The standard InChI is InChI=1S/C12H14FNO/c1-7-3-4-9(13)6-11(7)14-12(15)10-5-8(10)2/h3-4,6,8,10H,5H2,1-2H3,(H,14,15)/t8-,10+/m0/s1. The number of hydrogen-bond donors (Lipinski definition) is 1. The minimum absolute atomic E-state index is 0.0104. The fraction of sp³-hybridized carbons (Fsp3) is 0.417. The maximum Gasteiger partial charge on any atom is 0.227 e. The van der Waals surface area contributed by atoms with Crippen molar-refractivity contribution in [3.63, 3.8) is 0 Å². The lowest BCUT2D eigenvalue weighted by atomic mass is 10.2. The van der Waals surface area contributed by atoms with Gasteiger partial charge in [-0.3, -0.25) is 4.79 Å². The van der Waals surface area contributed by atoms with Crippen molar-refractivity contribution in [2.24, 2.45) is 11.8 Å². The lowest BCUT2D eigenvalue weighted by molar-refractivity contribution is -0.117. The predicted octanol–water partition coefficient (Wildman–Crippen LogP) is 2.73. The van der Waals surface area contributed by atoms with E-state index in [1.807, 2.05) is 13.8 Å². The fourth-order valence-electron chi connectivity index (χ4n) is 1.64. The number of nitrogens with one attached hydrogen (secondary N) is 1. The van der Waals surface area contributed by atoms with Crippen molar-refractivity contribution in [3.05, 3.63) is 29.6 Å². The van der Waals surface area contributed by atoms with Crippen LogP contribution >= 0.6 is 0 Å². The molecule has 0 unspecified atom stereocenters. The van der Waals surface area contributed by atoms with Crippen molar-refractivity contribution in [2.75, 3.05) is 5.32 Å². The van der Waals surface area contributed by atoms with E-state index in [4.69, 9.17) is 0 Å². The zero-order valence-corrected chi connectivity index (χ0v) is 8.88. The lowest BCUT2D eigenvalue weighted by Crippen LogP contribution is -2.15. The molecule has 1 aromatic carbocycles. The molecule has 1 fully saturated rings. The monoisotopic (exact) mass is 207 g/mol. The van der Waals surface area contributed by atoms with Crippen LogP contribution < -0.4 is 5.32 Å². The van der Waals surface area contributed by atoms with E-state index in [0.717, 1.165) is 12.0 Å². The first-order valence-electron chi connectivity index (χ1n) is 5.15. The zero-order chi connectivity index (χ0) is 11.0. The predicted molar refractivity (Wildman–Crippen MR) is 57.0 cm³/mol. The van der Waals surface area contributed by atoms with Crippen LogP contribution in [0, 0.1) is 24.6 Å². The SMILES string of the molecule is Cc1ccc(F)cc1NC(=O)[C@@H]1C[C@@H]1C. The molecule has 0 bridgehead atoms. The first kappa shape index (κ1) is 10.1. The number of carbonyl (C=O) groups is 1. The molecular weight excluding hydrogens is 193 g/mol. The molecule has 0 saturated heterocycles. The van der Waals surface area contributed by atoms with Crippen molar-refractivity contribution in [3.8, 4) is 0 Å². The van der Waals surface area contributed by atoms with Crippen LogP contribution in [0.5, 0.6) is 0 Å². The third kappa shape index (κ3) is 2.17.